The maximum absolute atomic E-state index is 11.6. The minimum atomic E-state index is -0.434. The molecule has 0 aromatic heterocycles. The number of aromatic hydroxyl groups is 1. The quantitative estimate of drug-likeness (QED) is 0.630. The summed E-state index contributed by atoms with van der Waals surface area (Å²) < 4.78 is 5.93. The van der Waals surface area contributed by atoms with E-state index in [0.29, 0.717) is 17.1 Å². The number of rotatable bonds is 3. The highest BCUT2D eigenvalue weighted by molar-refractivity contribution is 8.18. The van der Waals surface area contributed by atoms with Crippen LogP contribution in [0.15, 0.2) is 59.5 Å². The number of fused-ring (bicyclic) bond motifs is 1. The number of phenols is 1. The van der Waals surface area contributed by atoms with Gasteiger partial charge in [-0.05, 0) is 59.5 Å². The van der Waals surface area contributed by atoms with Gasteiger partial charge in [0.15, 0.2) is 11.5 Å². The molecule has 1 fully saturated rings. The van der Waals surface area contributed by atoms with E-state index >= 15 is 0 Å². The van der Waals surface area contributed by atoms with Gasteiger partial charge in [-0.15, -0.1) is 0 Å². The number of amides is 2. The fourth-order valence-corrected chi connectivity index (χ4v) is 3.59. The summed E-state index contributed by atoms with van der Waals surface area (Å²) in [6.45, 7) is 2.04. The van der Waals surface area contributed by atoms with Crippen LogP contribution >= 0.6 is 11.8 Å². The number of aryl methyl sites for hydroxylation is 1. The first-order valence-corrected chi connectivity index (χ1v) is 9.07. The number of phenolic OH excluding ortho intramolecular Hbond substituents is 1. The fourth-order valence-electron chi connectivity index (χ4n) is 2.91. The van der Waals surface area contributed by atoms with E-state index in [0.717, 1.165) is 28.1 Å². The Balaban J connectivity index is 1.65. The van der Waals surface area contributed by atoms with Crippen LogP contribution in [0.3, 0.4) is 0 Å². The monoisotopic (exact) mass is 377 g/mol. The van der Waals surface area contributed by atoms with Crippen molar-refractivity contribution in [2.45, 2.75) is 6.92 Å². The standard InChI is InChI=1S/C21H15NO4S/c1-12-6-8-17(15-5-3-2-4-14(12)15)26-18-9-7-13(10-16(18)23)11-19-20(24)22-21(25)27-19/h2-11,23H,1H3,(H,22,24,25)/b19-11-. The minimum absolute atomic E-state index is 0.0521. The van der Waals surface area contributed by atoms with E-state index in [2.05, 4.69) is 5.32 Å². The SMILES string of the molecule is Cc1ccc(Oc2ccc(/C=C3\SC(=O)NC3=O)cc2O)c2ccccc12. The summed E-state index contributed by atoms with van der Waals surface area (Å²) in [4.78, 5) is 23.1. The largest absolute Gasteiger partial charge is 0.504 e. The number of ether oxygens (including phenoxy) is 1. The van der Waals surface area contributed by atoms with Crippen molar-refractivity contribution >= 4 is 39.8 Å². The van der Waals surface area contributed by atoms with E-state index in [-0.39, 0.29) is 10.7 Å². The molecule has 0 aliphatic carbocycles. The van der Waals surface area contributed by atoms with Gasteiger partial charge in [0.05, 0.1) is 4.91 Å². The average molecular weight is 377 g/mol. The van der Waals surface area contributed by atoms with Gasteiger partial charge in [-0.2, -0.15) is 0 Å². The van der Waals surface area contributed by atoms with Gasteiger partial charge in [-0.25, -0.2) is 0 Å². The topological polar surface area (TPSA) is 75.6 Å². The van der Waals surface area contributed by atoms with E-state index in [1.54, 1.807) is 18.2 Å². The van der Waals surface area contributed by atoms with Crippen molar-refractivity contribution in [3.63, 3.8) is 0 Å². The van der Waals surface area contributed by atoms with Crippen LogP contribution in [-0.4, -0.2) is 16.3 Å². The third-order valence-electron chi connectivity index (χ3n) is 4.24. The van der Waals surface area contributed by atoms with Crippen molar-refractivity contribution in [2.75, 3.05) is 0 Å². The second-order valence-corrected chi connectivity index (χ2v) is 7.12. The Morgan fingerprint density at radius 2 is 1.74 bits per heavy atom. The van der Waals surface area contributed by atoms with E-state index in [9.17, 15) is 14.7 Å². The van der Waals surface area contributed by atoms with Gasteiger partial charge in [-0.3, -0.25) is 14.9 Å². The molecule has 2 amide bonds. The summed E-state index contributed by atoms with van der Waals surface area (Å²) in [5.41, 5.74) is 1.74. The Labute approximate surface area is 159 Å². The number of benzene rings is 3. The molecule has 0 bridgehead atoms. The van der Waals surface area contributed by atoms with Gasteiger partial charge < -0.3 is 9.84 Å². The van der Waals surface area contributed by atoms with Gasteiger partial charge in [0.25, 0.3) is 11.1 Å². The number of nitrogens with one attached hydrogen (secondary N) is 1. The fraction of sp³-hybridized carbons (Fsp3) is 0.0476. The first-order valence-electron chi connectivity index (χ1n) is 8.25. The molecule has 2 N–H and O–H groups in total. The summed E-state index contributed by atoms with van der Waals surface area (Å²) in [5, 5.41) is 14.2. The Bertz CT molecular complexity index is 1120. The van der Waals surface area contributed by atoms with E-state index in [1.165, 1.54) is 6.07 Å². The molecular formula is C21H15NO4S. The molecule has 1 aliphatic heterocycles. The number of hydrogen-bond acceptors (Lipinski definition) is 5. The number of carbonyl (C=O) groups is 2. The molecule has 0 spiro atoms. The third-order valence-corrected chi connectivity index (χ3v) is 5.06. The summed E-state index contributed by atoms with van der Waals surface area (Å²) >= 11 is 0.833. The summed E-state index contributed by atoms with van der Waals surface area (Å²) in [7, 11) is 0. The van der Waals surface area contributed by atoms with Crippen molar-refractivity contribution < 1.29 is 19.4 Å². The van der Waals surface area contributed by atoms with Crippen LogP contribution in [0.5, 0.6) is 17.2 Å². The molecule has 4 rings (SSSR count). The smallest absolute Gasteiger partial charge is 0.290 e. The first-order chi connectivity index (χ1) is 13.0. The summed E-state index contributed by atoms with van der Waals surface area (Å²) in [5.74, 6) is 0.472. The van der Waals surface area contributed by atoms with Crippen molar-refractivity contribution in [1.82, 2.24) is 5.32 Å². The summed E-state index contributed by atoms with van der Waals surface area (Å²) in [6.07, 6.45) is 1.55. The van der Waals surface area contributed by atoms with Crippen LogP contribution in [0, 0.1) is 6.92 Å². The molecule has 1 aliphatic rings. The van der Waals surface area contributed by atoms with Crippen LogP contribution in [0.4, 0.5) is 4.79 Å². The lowest BCUT2D eigenvalue weighted by atomic mass is 10.0. The van der Waals surface area contributed by atoms with Crippen LogP contribution < -0.4 is 10.1 Å². The molecule has 0 radical (unpaired) electrons. The average Bonchev–Trinajstić information content (AvgIpc) is 2.96. The molecule has 0 atom stereocenters. The molecule has 1 saturated heterocycles. The molecule has 3 aromatic carbocycles. The highest BCUT2D eigenvalue weighted by Gasteiger charge is 2.25. The predicted octanol–water partition coefficient (Wildman–Crippen LogP) is 4.97. The number of imide groups is 1. The summed E-state index contributed by atoms with van der Waals surface area (Å²) in [6, 6.07) is 16.6. The Morgan fingerprint density at radius 1 is 1.00 bits per heavy atom. The molecule has 0 saturated carbocycles. The van der Waals surface area contributed by atoms with Gasteiger partial charge in [0.1, 0.15) is 5.75 Å². The molecule has 0 unspecified atom stereocenters. The highest BCUT2D eigenvalue weighted by Crippen LogP contribution is 2.37. The molecule has 6 heteroatoms. The van der Waals surface area contributed by atoms with Gasteiger partial charge in [-0.1, -0.05) is 36.4 Å². The Morgan fingerprint density at radius 3 is 2.44 bits per heavy atom. The van der Waals surface area contributed by atoms with Crippen molar-refractivity contribution in [3.05, 3.63) is 70.6 Å². The zero-order valence-electron chi connectivity index (χ0n) is 14.4. The molecule has 1 heterocycles. The van der Waals surface area contributed by atoms with Crippen LogP contribution in [0.25, 0.3) is 16.8 Å². The molecular weight excluding hydrogens is 362 g/mol. The van der Waals surface area contributed by atoms with Crippen LogP contribution in [0.1, 0.15) is 11.1 Å². The normalized spacial score (nSPS) is 15.4. The molecule has 5 nitrogen and oxygen atoms in total. The lowest BCUT2D eigenvalue weighted by molar-refractivity contribution is -0.115. The number of thioether (sulfide) groups is 1. The third kappa shape index (κ3) is 3.39. The lowest BCUT2D eigenvalue weighted by Crippen LogP contribution is -2.17. The zero-order valence-corrected chi connectivity index (χ0v) is 15.2. The lowest BCUT2D eigenvalue weighted by Gasteiger charge is -2.12. The van der Waals surface area contributed by atoms with E-state index in [4.69, 9.17) is 4.74 Å². The number of hydrogen-bond donors (Lipinski definition) is 2. The maximum atomic E-state index is 11.6. The highest BCUT2D eigenvalue weighted by atomic mass is 32.2. The molecule has 3 aromatic rings. The van der Waals surface area contributed by atoms with Crippen LogP contribution in [0.2, 0.25) is 0 Å². The van der Waals surface area contributed by atoms with Crippen molar-refractivity contribution in [3.8, 4) is 17.2 Å². The Hall–Kier alpha value is -3.25. The minimum Gasteiger partial charge on any atom is -0.504 e. The first kappa shape index (κ1) is 17.2. The second-order valence-electron chi connectivity index (χ2n) is 6.11. The van der Waals surface area contributed by atoms with Gasteiger partial charge >= 0.3 is 0 Å². The number of carbonyl (C=O) groups excluding carboxylic acids is 2. The van der Waals surface area contributed by atoms with Gasteiger partial charge in [0, 0.05) is 5.39 Å². The van der Waals surface area contributed by atoms with Gasteiger partial charge in [0.2, 0.25) is 0 Å². The van der Waals surface area contributed by atoms with E-state index < -0.39 is 11.1 Å². The van der Waals surface area contributed by atoms with E-state index in [1.807, 2.05) is 43.3 Å². The van der Waals surface area contributed by atoms with Crippen LogP contribution in [-0.2, 0) is 4.79 Å². The van der Waals surface area contributed by atoms with Crippen molar-refractivity contribution in [1.29, 1.82) is 0 Å². The zero-order chi connectivity index (χ0) is 19.0. The maximum Gasteiger partial charge on any atom is 0.290 e. The molecule has 134 valence electrons. The predicted molar refractivity (Wildman–Crippen MR) is 106 cm³/mol. The Kier molecular flexibility index (Phi) is 4.33. The molecule has 27 heavy (non-hydrogen) atoms. The van der Waals surface area contributed by atoms with Crippen molar-refractivity contribution in [2.24, 2.45) is 0 Å². The second kappa shape index (κ2) is 6.81.